The number of halogens is 1. The Labute approximate surface area is 177 Å². The first kappa shape index (κ1) is 23.5. The molecule has 0 unspecified atom stereocenters. The van der Waals surface area contributed by atoms with E-state index in [1.165, 1.54) is 0 Å². The van der Waals surface area contributed by atoms with Crippen molar-refractivity contribution in [2.24, 2.45) is 4.99 Å². The molecule has 0 aromatic carbocycles. The van der Waals surface area contributed by atoms with Crippen LogP contribution in [-0.2, 0) is 22.7 Å². The summed E-state index contributed by atoms with van der Waals surface area (Å²) in [4.78, 5) is 4.54. The van der Waals surface area contributed by atoms with Gasteiger partial charge in [0, 0.05) is 32.8 Å². The van der Waals surface area contributed by atoms with E-state index in [4.69, 9.17) is 18.3 Å². The zero-order chi connectivity index (χ0) is 18.3. The highest BCUT2D eigenvalue weighted by Crippen LogP contribution is 2.02. The predicted molar refractivity (Wildman–Crippen MR) is 115 cm³/mol. The van der Waals surface area contributed by atoms with Crippen LogP contribution in [0.25, 0.3) is 0 Å². The van der Waals surface area contributed by atoms with Gasteiger partial charge in [0.05, 0.1) is 12.5 Å². The summed E-state index contributed by atoms with van der Waals surface area (Å²) in [6.07, 6.45) is 5.07. The van der Waals surface area contributed by atoms with Gasteiger partial charge in [-0.25, -0.2) is 0 Å². The average molecular weight is 491 g/mol. The SMILES string of the molecule is CCNC(=NCCCOCc1ccco1)NCCCOCc1ccco1.I. The fraction of sp³-hybridized carbons (Fsp3) is 0.526. The molecule has 0 spiro atoms. The van der Waals surface area contributed by atoms with Crippen LogP contribution in [0.3, 0.4) is 0 Å². The molecule has 0 aliphatic rings. The zero-order valence-corrected chi connectivity index (χ0v) is 18.1. The van der Waals surface area contributed by atoms with Crippen molar-refractivity contribution in [2.75, 3.05) is 32.8 Å². The molecule has 0 aliphatic heterocycles. The summed E-state index contributed by atoms with van der Waals surface area (Å²) < 4.78 is 21.5. The van der Waals surface area contributed by atoms with E-state index in [-0.39, 0.29) is 24.0 Å². The minimum absolute atomic E-state index is 0. The first-order valence-electron chi connectivity index (χ1n) is 9.11. The van der Waals surface area contributed by atoms with E-state index in [0.717, 1.165) is 43.4 Å². The summed E-state index contributed by atoms with van der Waals surface area (Å²) in [5.41, 5.74) is 0. The van der Waals surface area contributed by atoms with Crippen molar-refractivity contribution in [2.45, 2.75) is 33.0 Å². The van der Waals surface area contributed by atoms with Crippen LogP contribution in [0.1, 0.15) is 31.3 Å². The number of hydrogen-bond acceptors (Lipinski definition) is 5. The van der Waals surface area contributed by atoms with Crippen LogP contribution in [0.4, 0.5) is 0 Å². The lowest BCUT2D eigenvalue weighted by atomic mass is 10.4. The van der Waals surface area contributed by atoms with Gasteiger partial charge in [0.25, 0.3) is 0 Å². The number of rotatable bonds is 13. The summed E-state index contributed by atoms with van der Waals surface area (Å²) in [5, 5.41) is 6.54. The maximum atomic E-state index is 5.56. The molecule has 7 nitrogen and oxygen atoms in total. The van der Waals surface area contributed by atoms with Gasteiger partial charge in [0.2, 0.25) is 0 Å². The van der Waals surface area contributed by atoms with Crippen molar-refractivity contribution in [3.05, 3.63) is 48.3 Å². The Bertz CT molecular complexity index is 588. The molecule has 0 fully saturated rings. The molecule has 2 heterocycles. The third-order valence-corrected chi connectivity index (χ3v) is 3.47. The van der Waals surface area contributed by atoms with Crippen LogP contribution >= 0.6 is 24.0 Å². The number of nitrogens with zero attached hydrogens (tertiary/aromatic N) is 1. The van der Waals surface area contributed by atoms with Gasteiger partial charge in [-0.15, -0.1) is 24.0 Å². The second kappa shape index (κ2) is 15.5. The predicted octanol–water partition coefficient (Wildman–Crippen LogP) is 3.56. The summed E-state index contributed by atoms with van der Waals surface area (Å²) in [5.74, 6) is 2.52. The van der Waals surface area contributed by atoms with E-state index in [1.807, 2.05) is 24.3 Å². The number of ether oxygens (including phenoxy) is 2. The standard InChI is InChI=1S/C19H29N3O4.HI/c1-2-20-19(21-9-5-11-23-15-17-7-3-13-25-17)22-10-6-12-24-16-18-8-4-14-26-18;/h3-4,7-8,13-14H,2,5-6,9-12,15-16H2,1H3,(H2,20,21,22);1H. The summed E-state index contributed by atoms with van der Waals surface area (Å²) in [6.45, 7) is 6.75. The number of aliphatic imine (C=N–C) groups is 1. The minimum atomic E-state index is 0. The van der Waals surface area contributed by atoms with E-state index in [0.29, 0.717) is 33.0 Å². The van der Waals surface area contributed by atoms with Crippen LogP contribution in [0, 0.1) is 0 Å². The fourth-order valence-corrected chi connectivity index (χ4v) is 2.22. The number of guanidine groups is 1. The van der Waals surface area contributed by atoms with Crippen LogP contribution in [0.5, 0.6) is 0 Å². The van der Waals surface area contributed by atoms with Crippen LogP contribution in [0.2, 0.25) is 0 Å². The normalized spacial score (nSPS) is 11.2. The molecule has 0 bridgehead atoms. The lowest BCUT2D eigenvalue weighted by Gasteiger charge is -2.11. The minimum Gasteiger partial charge on any atom is -0.467 e. The van der Waals surface area contributed by atoms with E-state index < -0.39 is 0 Å². The van der Waals surface area contributed by atoms with Crippen molar-refractivity contribution in [3.63, 3.8) is 0 Å². The summed E-state index contributed by atoms with van der Waals surface area (Å²) in [6, 6.07) is 7.54. The fourth-order valence-electron chi connectivity index (χ4n) is 2.22. The van der Waals surface area contributed by atoms with E-state index in [9.17, 15) is 0 Å². The van der Waals surface area contributed by atoms with Crippen LogP contribution in [-0.4, -0.2) is 38.8 Å². The second-order valence-corrected chi connectivity index (χ2v) is 5.66. The first-order chi connectivity index (χ1) is 12.9. The molecular formula is C19H30IN3O4. The highest BCUT2D eigenvalue weighted by Gasteiger charge is 1.99. The summed E-state index contributed by atoms with van der Waals surface area (Å²) in [7, 11) is 0. The lowest BCUT2D eigenvalue weighted by Crippen LogP contribution is -2.38. The molecule has 8 heteroatoms. The molecule has 2 aromatic rings. The molecule has 152 valence electrons. The smallest absolute Gasteiger partial charge is 0.191 e. The summed E-state index contributed by atoms with van der Waals surface area (Å²) >= 11 is 0. The highest BCUT2D eigenvalue weighted by molar-refractivity contribution is 14.0. The van der Waals surface area contributed by atoms with Crippen LogP contribution < -0.4 is 10.6 Å². The van der Waals surface area contributed by atoms with Crippen molar-refractivity contribution >= 4 is 29.9 Å². The molecule has 0 amide bonds. The van der Waals surface area contributed by atoms with Crippen molar-refractivity contribution in [3.8, 4) is 0 Å². The monoisotopic (exact) mass is 491 g/mol. The quantitative estimate of drug-likeness (QED) is 0.193. The number of hydrogen-bond donors (Lipinski definition) is 2. The van der Waals surface area contributed by atoms with E-state index >= 15 is 0 Å². The Balaban J connectivity index is 0.00000364. The molecule has 0 aliphatic carbocycles. The highest BCUT2D eigenvalue weighted by atomic mass is 127. The molecule has 2 rings (SSSR count). The first-order valence-corrected chi connectivity index (χ1v) is 9.11. The number of nitrogens with one attached hydrogen (secondary N) is 2. The molecule has 0 saturated heterocycles. The molecule has 0 saturated carbocycles. The van der Waals surface area contributed by atoms with Crippen LogP contribution in [0.15, 0.2) is 50.6 Å². The van der Waals surface area contributed by atoms with Gasteiger partial charge >= 0.3 is 0 Å². The lowest BCUT2D eigenvalue weighted by molar-refractivity contribution is 0.104. The molecule has 2 aromatic heterocycles. The Morgan fingerprint density at radius 2 is 1.59 bits per heavy atom. The van der Waals surface area contributed by atoms with Gasteiger partial charge in [-0.05, 0) is 44.0 Å². The number of furan rings is 2. The largest absolute Gasteiger partial charge is 0.467 e. The zero-order valence-electron chi connectivity index (χ0n) is 15.8. The third kappa shape index (κ3) is 11.0. The molecule has 27 heavy (non-hydrogen) atoms. The Hall–Kier alpha value is -1.52. The van der Waals surface area contributed by atoms with Gasteiger partial charge in [0.15, 0.2) is 5.96 Å². The molecular weight excluding hydrogens is 461 g/mol. The topological polar surface area (TPSA) is 81.2 Å². The van der Waals surface area contributed by atoms with Gasteiger partial charge < -0.3 is 28.9 Å². The second-order valence-electron chi connectivity index (χ2n) is 5.66. The Morgan fingerprint density at radius 3 is 2.15 bits per heavy atom. The van der Waals surface area contributed by atoms with Crippen molar-refractivity contribution in [1.29, 1.82) is 0 Å². The van der Waals surface area contributed by atoms with Gasteiger partial charge in [-0.1, -0.05) is 0 Å². The van der Waals surface area contributed by atoms with E-state index in [2.05, 4.69) is 22.5 Å². The Morgan fingerprint density at radius 1 is 0.963 bits per heavy atom. The van der Waals surface area contributed by atoms with Gasteiger partial charge in [-0.2, -0.15) is 0 Å². The maximum absolute atomic E-state index is 5.56. The molecule has 0 radical (unpaired) electrons. The van der Waals surface area contributed by atoms with Gasteiger partial charge in [-0.3, -0.25) is 4.99 Å². The molecule has 2 N–H and O–H groups in total. The average Bonchev–Trinajstić information content (AvgIpc) is 3.34. The Kier molecular flexibility index (Phi) is 13.5. The van der Waals surface area contributed by atoms with Gasteiger partial charge in [0.1, 0.15) is 24.7 Å². The third-order valence-electron chi connectivity index (χ3n) is 3.47. The van der Waals surface area contributed by atoms with Crippen molar-refractivity contribution in [1.82, 2.24) is 10.6 Å². The maximum Gasteiger partial charge on any atom is 0.191 e. The van der Waals surface area contributed by atoms with E-state index in [1.54, 1.807) is 12.5 Å². The van der Waals surface area contributed by atoms with Crippen molar-refractivity contribution < 1.29 is 18.3 Å². The molecule has 0 atom stereocenters.